The Labute approximate surface area is 170 Å². The number of amides is 1. The number of carbonyl (C=O) groups excluding carboxylic acids is 1. The Morgan fingerprint density at radius 2 is 1.86 bits per heavy atom. The standard InChI is InChI=1S/C22H27N3O2S/c1-15-6-4-5-7-18(15)21-20-16(2)17(3)28-22(20)25(19(26)14-23-21)9-8-24-10-12-27-13-11-24/h4-7H,8-14H2,1-3H3. The molecule has 0 atom stereocenters. The number of thiophene rings is 1. The Morgan fingerprint density at radius 3 is 2.61 bits per heavy atom. The zero-order valence-electron chi connectivity index (χ0n) is 16.8. The zero-order chi connectivity index (χ0) is 19.7. The van der Waals surface area contributed by atoms with Crippen molar-refractivity contribution in [2.45, 2.75) is 20.8 Å². The Morgan fingerprint density at radius 1 is 1.11 bits per heavy atom. The van der Waals surface area contributed by atoms with E-state index in [9.17, 15) is 4.79 Å². The van der Waals surface area contributed by atoms with Crippen LogP contribution in [0.3, 0.4) is 0 Å². The molecule has 5 nitrogen and oxygen atoms in total. The minimum absolute atomic E-state index is 0.0827. The Kier molecular flexibility index (Phi) is 5.62. The first-order chi connectivity index (χ1) is 13.6. The molecule has 2 aromatic rings. The summed E-state index contributed by atoms with van der Waals surface area (Å²) in [6.45, 7) is 11.6. The number of aliphatic imine (C=N–C) groups is 1. The molecule has 1 fully saturated rings. The summed E-state index contributed by atoms with van der Waals surface area (Å²) >= 11 is 1.71. The molecule has 2 aliphatic heterocycles. The first kappa shape index (κ1) is 19.3. The van der Waals surface area contributed by atoms with Gasteiger partial charge in [0.2, 0.25) is 5.91 Å². The summed E-state index contributed by atoms with van der Waals surface area (Å²) in [4.78, 5) is 23.4. The first-order valence-corrected chi connectivity index (χ1v) is 10.7. The molecular formula is C22H27N3O2S. The van der Waals surface area contributed by atoms with Crippen LogP contribution >= 0.6 is 11.3 Å². The average molecular weight is 398 g/mol. The van der Waals surface area contributed by atoms with Gasteiger partial charge in [0.15, 0.2) is 0 Å². The number of hydrogen-bond donors (Lipinski definition) is 0. The highest BCUT2D eigenvalue weighted by Crippen LogP contribution is 2.39. The van der Waals surface area contributed by atoms with Gasteiger partial charge in [0.05, 0.1) is 18.9 Å². The summed E-state index contributed by atoms with van der Waals surface area (Å²) in [5.74, 6) is 0.0827. The van der Waals surface area contributed by atoms with E-state index in [0.29, 0.717) is 6.54 Å². The van der Waals surface area contributed by atoms with E-state index in [2.05, 4.69) is 37.8 Å². The zero-order valence-corrected chi connectivity index (χ0v) is 17.6. The van der Waals surface area contributed by atoms with Crippen molar-refractivity contribution in [2.75, 3.05) is 50.8 Å². The van der Waals surface area contributed by atoms with Crippen molar-refractivity contribution in [3.8, 4) is 0 Å². The number of ether oxygens (including phenoxy) is 1. The number of hydrogen-bond acceptors (Lipinski definition) is 5. The summed E-state index contributed by atoms with van der Waals surface area (Å²) in [7, 11) is 0. The van der Waals surface area contributed by atoms with Crippen LogP contribution in [0.15, 0.2) is 29.3 Å². The van der Waals surface area contributed by atoms with Crippen molar-refractivity contribution in [2.24, 2.45) is 4.99 Å². The SMILES string of the molecule is Cc1ccccc1C1=NCC(=O)N(CCN2CCOCC2)c2sc(C)c(C)c21. The predicted octanol–water partition coefficient (Wildman–Crippen LogP) is 3.19. The Balaban J connectivity index is 1.70. The van der Waals surface area contributed by atoms with E-state index >= 15 is 0 Å². The molecule has 1 saturated heterocycles. The van der Waals surface area contributed by atoms with Crippen LogP contribution in [-0.2, 0) is 9.53 Å². The highest BCUT2D eigenvalue weighted by atomic mass is 32.1. The van der Waals surface area contributed by atoms with E-state index in [1.165, 1.54) is 16.0 Å². The number of nitrogens with zero attached hydrogens (tertiary/aromatic N) is 3. The minimum atomic E-state index is 0.0827. The molecule has 1 amide bonds. The molecule has 3 heterocycles. The van der Waals surface area contributed by atoms with Crippen LogP contribution in [0.1, 0.15) is 27.1 Å². The van der Waals surface area contributed by atoms with Gasteiger partial charge in [0.25, 0.3) is 0 Å². The molecule has 0 bridgehead atoms. The molecule has 2 aliphatic rings. The van der Waals surface area contributed by atoms with Crippen molar-refractivity contribution in [3.63, 3.8) is 0 Å². The molecule has 1 aromatic heterocycles. The lowest BCUT2D eigenvalue weighted by Crippen LogP contribution is -2.43. The largest absolute Gasteiger partial charge is 0.379 e. The van der Waals surface area contributed by atoms with E-state index in [0.717, 1.165) is 54.7 Å². The van der Waals surface area contributed by atoms with Crippen molar-refractivity contribution in [1.82, 2.24) is 4.90 Å². The van der Waals surface area contributed by atoms with Gasteiger partial charge < -0.3 is 9.64 Å². The van der Waals surface area contributed by atoms with E-state index < -0.39 is 0 Å². The fraction of sp³-hybridized carbons (Fsp3) is 0.455. The molecule has 1 aromatic carbocycles. The number of aryl methyl sites for hydroxylation is 2. The molecule has 0 unspecified atom stereocenters. The van der Waals surface area contributed by atoms with Crippen molar-refractivity contribution in [3.05, 3.63) is 51.4 Å². The molecule has 28 heavy (non-hydrogen) atoms. The maximum Gasteiger partial charge on any atom is 0.249 e. The number of morpholine rings is 1. The van der Waals surface area contributed by atoms with Crippen molar-refractivity contribution >= 4 is 28.0 Å². The topological polar surface area (TPSA) is 45.1 Å². The molecule has 0 saturated carbocycles. The van der Waals surface area contributed by atoms with Crippen LogP contribution in [-0.4, -0.2) is 62.5 Å². The van der Waals surface area contributed by atoms with Crippen LogP contribution in [0.2, 0.25) is 0 Å². The van der Waals surface area contributed by atoms with E-state index in [4.69, 9.17) is 9.73 Å². The van der Waals surface area contributed by atoms with Crippen LogP contribution in [0, 0.1) is 20.8 Å². The lowest BCUT2D eigenvalue weighted by atomic mass is 9.96. The second kappa shape index (κ2) is 8.15. The second-order valence-corrected chi connectivity index (χ2v) is 8.65. The van der Waals surface area contributed by atoms with Gasteiger partial charge in [-0.2, -0.15) is 0 Å². The number of carbonyl (C=O) groups is 1. The number of rotatable bonds is 4. The fourth-order valence-electron chi connectivity index (χ4n) is 3.85. The third-order valence-electron chi connectivity index (χ3n) is 5.67. The van der Waals surface area contributed by atoms with Gasteiger partial charge in [-0.05, 0) is 31.9 Å². The average Bonchev–Trinajstić information content (AvgIpc) is 2.91. The molecule has 148 valence electrons. The van der Waals surface area contributed by atoms with Crippen molar-refractivity contribution < 1.29 is 9.53 Å². The monoisotopic (exact) mass is 397 g/mol. The lowest BCUT2D eigenvalue weighted by Gasteiger charge is -2.29. The van der Waals surface area contributed by atoms with Gasteiger partial charge in [-0.3, -0.25) is 14.7 Å². The third kappa shape index (κ3) is 3.64. The summed E-state index contributed by atoms with van der Waals surface area (Å²) in [6.07, 6.45) is 0. The number of anilines is 1. The third-order valence-corrected chi connectivity index (χ3v) is 6.90. The molecule has 0 aliphatic carbocycles. The van der Waals surface area contributed by atoms with Crippen LogP contribution < -0.4 is 4.90 Å². The van der Waals surface area contributed by atoms with Gasteiger partial charge in [-0.15, -0.1) is 11.3 Å². The maximum atomic E-state index is 13.0. The summed E-state index contributed by atoms with van der Waals surface area (Å²) in [5, 5.41) is 1.05. The molecular weight excluding hydrogens is 370 g/mol. The van der Waals surface area contributed by atoms with Gasteiger partial charge in [0, 0.05) is 42.2 Å². The maximum absolute atomic E-state index is 13.0. The molecule has 0 radical (unpaired) electrons. The van der Waals surface area contributed by atoms with Crippen LogP contribution in [0.4, 0.5) is 5.00 Å². The Bertz CT molecular complexity index is 913. The second-order valence-electron chi connectivity index (χ2n) is 7.44. The van der Waals surface area contributed by atoms with Gasteiger partial charge >= 0.3 is 0 Å². The summed E-state index contributed by atoms with van der Waals surface area (Å²) < 4.78 is 5.44. The molecule has 0 N–H and O–H groups in total. The first-order valence-electron chi connectivity index (χ1n) is 9.87. The quantitative estimate of drug-likeness (QED) is 0.796. The van der Waals surface area contributed by atoms with E-state index in [-0.39, 0.29) is 12.5 Å². The summed E-state index contributed by atoms with van der Waals surface area (Å²) in [5.41, 5.74) is 5.62. The van der Waals surface area contributed by atoms with Crippen molar-refractivity contribution in [1.29, 1.82) is 0 Å². The van der Waals surface area contributed by atoms with Crippen LogP contribution in [0.5, 0.6) is 0 Å². The molecule has 0 spiro atoms. The molecule has 4 rings (SSSR count). The fourth-order valence-corrected chi connectivity index (χ4v) is 5.05. The highest BCUT2D eigenvalue weighted by molar-refractivity contribution is 7.17. The van der Waals surface area contributed by atoms with E-state index in [1.807, 2.05) is 17.0 Å². The normalized spacial score (nSPS) is 18.0. The van der Waals surface area contributed by atoms with Gasteiger partial charge in [0.1, 0.15) is 11.5 Å². The lowest BCUT2D eigenvalue weighted by molar-refractivity contribution is -0.117. The summed E-state index contributed by atoms with van der Waals surface area (Å²) in [6, 6.07) is 8.30. The van der Waals surface area contributed by atoms with Gasteiger partial charge in [-0.1, -0.05) is 24.3 Å². The smallest absolute Gasteiger partial charge is 0.249 e. The predicted molar refractivity (Wildman–Crippen MR) is 115 cm³/mol. The minimum Gasteiger partial charge on any atom is -0.379 e. The Hall–Kier alpha value is -2.02. The number of benzene rings is 1. The van der Waals surface area contributed by atoms with Crippen LogP contribution in [0.25, 0.3) is 0 Å². The van der Waals surface area contributed by atoms with Gasteiger partial charge in [-0.25, -0.2) is 0 Å². The highest BCUT2D eigenvalue weighted by Gasteiger charge is 2.30. The molecule has 6 heteroatoms. The van der Waals surface area contributed by atoms with E-state index in [1.54, 1.807) is 11.3 Å². The number of fused-ring (bicyclic) bond motifs is 1.